The highest BCUT2D eigenvalue weighted by Gasteiger charge is 2.06. The lowest BCUT2D eigenvalue weighted by Crippen LogP contribution is -2.04. The van der Waals surface area contributed by atoms with Crippen LogP contribution in [0, 0.1) is 0 Å². The van der Waals surface area contributed by atoms with Crippen molar-refractivity contribution in [1.82, 2.24) is 9.97 Å². The van der Waals surface area contributed by atoms with Crippen molar-refractivity contribution in [3.8, 4) is 0 Å². The minimum atomic E-state index is -3.18. The molecular formula is C20H21N3O2S. The summed E-state index contributed by atoms with van der Waals surface area (Å²) in [6.07, 6.45) is 5.92. The van der Waals surface area contributed by atoms with Gasteiger partial charge in [-0.1, -0.05) is 37.3 Å². The Kier molecular flexibility index (Phi) is 5.32. The van der Waals surface area contributed by atoms with Gasteiger partial charge in [0.1, 0.15) is 5.82 Å². The number of aromatic nitrogens is 2. The number of nitrogens with one attached hydrogen (secondary N) is 1. The highest BCUT2D eigenvalue weighted by molar-refractivity contribution is 7.90. The van der Waals surface area contributed by atoms with Gasteiger partial charge in [0.2, 0.25) is 0 Å². The molecule has 0 aliphatic rings. The quantitative estimate of drug-likeness (QED) is 0.712. The minimum absolute atomic E-state index is 0.308. The van der Waals surface area contributed by atoms with E-state index in [-0.39, 0.29) is 0 Å². The van der Waals surface area contributed by atoms with Gasteiger partial charge in [0.15, 0.2) is 15.7 Å². The molecule has 26 heavy (non-hydrogen) atoms. The summed E-state index contributed by atoms with van der Waals surface area (Å²) in [5, 5.41) is 4.34. The van der Waals surface area contributed by atoms with Crippen LogP contribution in [0.5, 0.6) is 0 Å². The summed E-state index contributed by atoms with van der Waals surface area (Å²) >= 11 is 0. The molecule has 0 aliphatic carbocycles. The Balaban J connectivity index is 1.91. The second-order valence-electron chi connectivity index (χ2n) is 6.05. The number of fused-ring (bicyclic) bond motifs is 1. The van der Waals surface area contributed by atoms with E-state index in [9.17, 15) is 8.42 Å². The molecule has 3 aromatic rings. The van der Waals surface area contributed by atoms with Crippen molar-refractivity contribution in [3.05, 3.63) is 59.9 Å². The summed E-state index contributed by atoms with van der Waals surface area (Å²) in [5.41, 5.74) is 1.77. The van der Waals surface area contributed by atoms with Crippen LogP contribution in [0.4, 0.5) is 5.82 Å². The van der Waals surface area contributed by atoms with Gasteiger partial charge in [0.05, 0.1) is 10.4 Å². The zero-order valence-electron chi connectivity index (χ0n) is 14.8. The topological polar surface area (TPSA) is 72.0 Å². The highest BCUT2D eigenvalue weighted by Crippen LogP contribution is 2.21. The van der Waals surface area contributed by atoms with Gasteiger partial charge in [0, 0.05) is 18.2 Å². The Bertz CT molecular complexity index is 1040. The largest absolute Gasteiger partial charge is 0.369 e. The van der Waals surface area contributed by atoms with Gasteiger partial charge in [-0.25, -0.2) is 18.4 Å². The number of hydrogen-bond donors (Lipinski definition) is 1. The van der Waals surface area contributed by atoms with E-state index in [1.165, 1.54) is 6.26 Å². The first-order valence-corrected chi connectivity index (χ1v) is 10.4. The van der Waals surface area contributed by atoms with Gasteiger partial charge in [-0.2, -0.15) is 0 Å². The lowest BCUT2D eigenvalue weighted by molar-refractivity contribution is 0.602. The van der Waals surface area contributed by atoms with E-state index in [4.69, 9.17) is 0 Å². The molecule has 1 aromatic heterocycles. The first kappa shape index (κ1) is 18.1. The van der Waals surface area contributed by atoms with Crippen LogP contribution in [0.1, 0.15) is 24.7 Å². The van der Waals surface area contributed by atoms with Crippen LogP contribution in [0.15, 0.2) is 53.4 Å². The maximum Gasteiger partial charge on any atom is 0.175 e. The standard InChI is InChI=1S/C20H21N3O2S/c1-3-14-21-20-17-6-4-5-7-18(17)22-19(23-20)13-10-15-8-11-16(12-9-15)26(2,24)25/h4-13H,3,14H2,1-2H3,(H,21,22,23)/b13-10+. The summed E-state index contributed by atoms with van der Waals surface area (Å²) in [6.45, 7) is 2.95. The summed E-state index contributed by atoms with van der Waals surface area (Å²) < 4.78 is 23.1. The molecule has 1 N–H and O–H groups in total. The van der Waals surface area contributed by atoms with Crippen LogP contribution in [0.25, 0.3) is 23.1 Å². The number of para-hydroxylation sites is 1. The molecule has 0 bridgehead atoms. The SMILES string of the molecule is CCCNc1nc(/C=C/c2ccc(S(C)(=O)=O)cc2)nc2ccccc12. The van der Waals surface area contributed by atoms with E-state index in [2.05, 4.69) is 22.2 Å². The number of sulfone groups is 1. The molecule has 3 rings (SSSR count). The van der Waals surface area contributed by atoms with Crippen molar-refractivity contribution in [2.75, 3.05) is 18.1 Å². The van der Waals surface area contributed by atoms with Crippen LogP contribution < -0.4 is 5.32 Å². The average Bonchev–Trinajstić information content (AvgIpc) is 2.64. The third kappa shape index (κ3) is 4.26. The Morgan fingerprint density at radius 2 is 1.73 bits per heavy atom. The number of rotatable bonds is 6. The third-order valence-electron chi connectivity index (χ3n) is 3.90. The van der Waals surface area contributed by atoms with E-state index < -0.39 is 9.84 Å². The Morgan fingerprint density at radius 1 is 1.00 bits per heavy atom. The van der Waals surface area contributed by atoms with Gasteiger partial charge in [-0.05, 0) is 42.3 Å². The van der Waals surface area contributed by atoms with Crippen molar-refractivity contribution in [1.29, 1.82) is 0 Å². The molecular weight excluding hydrogens is 346 g/mol. The molecule has 0 aliphatic heterocycles. The second kappa shape index (κ2) is 7.66. The van der Waals surface area contributed by atoms with Crippen LogP contribution in [-0.4, -0.2) is 31.2 Å². The predicted molar refractivity (Wildman–Crippen MR) is 107 cm³/mol. The summed E-state index contributed by atoms with van der Waals surface area (Å²) in [5.74, 6) is 1.43. The molecule has 134 valence electrons. The third-order valence-corrected chi connectivity index (χ3v) is 5.02. The molecule has 6 heteroatoms. The van der Waals surface area contributed by atoms with Crippen LogP contribution >= 0.6 is 0 Å². The molecule has 0 unspecified atom stereocenters. The minimum Gasteiger partial charge on any atom is -0.369 e. The van der Waals surface area contributed by atoms with Gasteiger partial charge in [0.25, 0.3) is 0 Å². The van der Waals surface area contributed by atoms with Crippen LogP contribution in [0.2, 0.25) is 0 Å². The molecule has 0 spiro atoms. The molecule has 1 heterocycles. The highest BCUT2D eigenvalue weighted by atomic mass is 32.2. The normalized spacial score (nSPS) is 11.9. The number of hydrogen-bond acceptors (Lipinski definition) is 5. The van der Waals surface area contributed by atoms with Crippen molar-refractivity contribution in [2.45, 2.75) is 18.2 Å². The van der Waals surface area contributed by atoms with E-state index in [1.54, 1.807) is 24.3 Å². The Labute approximate surface area is 153 Å². The molecule has 0 atom stereocenters. The average molecular weight is 367 g/mol. The van der Waals surface area contributed by atoms with E-state index in [0.29, 0.717) is 10.7 Å². The molecule has 0 saturated heterocycles. The van der Waals surface area contributed by atoms with E-state index >= 15 is 0 Å². The summed E-state index contributed by atoms with van der Waals surface area (Å²) in [7, 11) is -3.18. The van der Waals surface area contributed by atoms with E-state index in [0.717, 1.165) is 35.2 Å². The molecule has 0 saturated carbocycles. The molecule has 0 amide bonds. The molecule has 2 aromatic carbocycles. The number of nitrogens with zero attached hydrogens (tertiary/aromatic N) is 2. The first-order valence-electron chi connectivity index (χ1n) is 8.46. The van der Waals surface area contributed by atoms with Crippen molar-refractivity contribution < 1.29 is 8.42 Å². The lowest BCUT2D eigenvalue weighted by Gasteiger charge is -2.08. The fourth-order valence-corrected chi connectivity index (χ4v) is 3.17. The van der Waals surface area contributed by atoms with Crippen LogP contribution in [0.3, 0.4) is 0 Å². The van der Waals surface area contributed by atoms with Gasteiger partial charge < -0.3 is 5.32 Å². The zero-order valence-corrected chi connectivity index (χ0v) is 15.6. The van der Waals surface area contributed by atoms with Crippen molar-refractivity contribution in [3.63, 3.8) is 0 Å². The number of anilines is 1. The maximum atomic E-state index is 11.5. The first-order chi connectivity index (χ1) is 12.5. The fourth-order valence-electron chi connectivity index (χ4n) is 2.54. The molecule has 5 nitrogen and oxygen atoms in total. The molecule has 0 fully saturated rings. The van der Waals surface area contributed by atoms with Crippen molar-refractivity contribution in [2.24, 2.45) is 0 Å². The van der Waals surface area contributed by atoms with Gasteiger partial charge >= 0.3 is 0 Å². The Morgan fingerprint density at radius 3 is 2.42 bits per heavy atom. The monoisotopic (exact) mass is 367 g/mol. The van der Waals surface area contributed by atoms with Gasteiger partial charge in [-0.15, -0.1) is 0 Å². The second-order valence-corrected chi connectivity index (χ2v) is 8.06. The fraction of sp³-hybridized carbons (Fsp3) is 0.200. The van der Waals surface area contributed by atoms with Crippen LogP contribution in [-0.2, 0) is 9.84 Å². The van der Waals surface area contributed by atoms with Gasteiger partial charge in [-0.3, -0.25) is 0 Å². The lowest BCUT2D eigenvalue weighted by atomic mass is 10.2. The maximum absolute atomic E-state index is 11.5. The zero-order chi connectivity index (χ0) is 18.6. The smallest absolute Gasteiger partial charge is 0.175 e. The molecule has 0 radical (unpaired) electrons. The number of benzene rings is 2. The Hall–Kier alpha value is -2.73. The predicted octanol–water partition coefficient (Wildman–Crippen LogP) is 4.03. The van der Waals surface area contributed by atoms with Crippen molar-refractivity contribution >= 4 is 38.7 Å². The summed E-state index contributed by atoms with van der Waals surface area (Å²) in [6, 6.07) is 14.6. The van der Waals surface area contributed by atoms with E-state index in [1.807, 2.05) is 36.4 Å². The summed E-state index contributed by atoms with van der Waals surface area (Å²) in [4.78, 5) is 9.50.